The van der Waals surface area contributed by atoms with Gasteiger partial charge in [0.1, 0.15) is 73.2 Å². The van der Waals surface area contributed by atoms with Gasteiger partial charge in [-0.05, 0) is 44.9 Å². The predicted octanol–water partition coefficient (Wildman–Crippen LogP) is 9.83. The van der Waals surface area contributed by atoms with Crippen LogP contribution in [0.3, 0.4) is 0 Å². The molecule has 12 N–H and O–H groups in total. The maximum Gasteiger partial charge on any atom is 0.220 e. The molecule has 0 aromatic rings. The molecule has 17 unspecified atom stereocenters. The van der Waals surface area contributed by atoms with Gasteiger partial charge in [-0.2, -0.15) is 0 Å². The number of nitrogens with one attached hydrogen (secondary N) is 1. The highest BCUT2D eigenvalue weighted by Gasteiger charge is 2.53. The summed E-state index contributed by atoms with van der Waals surface area (Å²) >= 11 is 0. The van der Waals surface area contributed by atoms with E-state index in [-0.39, 0.29) is 18.9 Å². The van der Waals surface area contributed by atoms with Crippen molar-refractivity contribution in [2.75, 3.05) is 26.4 Å². The molecule has 3 rings (SSSR count). The summed E-state index contributed by atoms with van der Waals surface area (Å²) in [5.41, 5.74) is 0. The van der Waals surface area contributed by atoms with Gasteiger partial charge in [0.25, 0.3) is 0 Å². The molecule has 17 atom stereocenters. The highest BCUT2D eigenvalue weighted by atomic mass is 16.8. The van der Waals surface area contributed by atoms with Crippen molar-refractivity contribution in [3.05, 3.63) is 24.3 Å². The Hall–Kier alpha value is -1.73. The molecule has 19 heteroatoms. The lowest BCUT2D eigenvalue weighted by atomic mass is 9.96. The number of unbranched alkanes of at least 4 members (excludes halogenated alkanes) is 36. The number of aliphatic hydroxyl groups is 11. The first-order valence-corrected chi connectivity index (χ1v) is 36.1. The smallest absolute Gasteiger partial charge is 0.220 e. The molecule has 0 aromatic heterocycles. The molecule has 0 saturated carbocycles. The summed E-state index contributed by atoms with van der Waals surface area (Å²) in [5.74, 6) is -0.244. The number of allylic oxidation sites excluding steroid dienone is 4. The topological polar surface area (TPSA) is 307 Å². The van der Waals surface area contributed by atoms with E-state index in [9.17, 15) is 61.0 Å². The van der Waals surface area contributed by atoms with E-state index in [2.05, 4.69) is 43.5 Å². The van der Waals surface area contributed by atoms with E-state index < -0.39 is 124 Å². The van der Waals surface area contributed by atoms with Crippen LogP contribution in [0, 0.1) is 0 Å². The van der Waals surface area contributed by atoms with E-state index in [1.54, 1.807) is 0 Å². The Morgan fingerprint density at radius 2 is 0.742 bits per heavy atom. The van der Waals surface area contributed by atoms with E-state index in [4.69, 9.17) is 28.4 Å². The van der Waals surface area contributed by atoms with Crippen LogP contribution in [0.25, 0.3) is 0 Å². The van der Waals surface area contributed by atoms with Crippen LogP contribution < -0.4 is 5.32 Å². The van der Waals surface area contributed by atoms with E-state index in [1.165, 1.54) is 193 Å². The van der Waals surface area contributed by atoms with E-state index in [0.29, 0.717) is 12.8 Å². The average Bonchev–Trinajstić information content (AvgIpc) is 2.46. The fraction of sp³-hybridized carbons (Fsp3) is 0.929. The summed E-state index contributed by atoms with van der Waals surface area (Å²) < 4.78 is 34.4. The van der Waals surface area contributed by atoms with Crippen molar-refractivity contribution in [1.29, 1.82) is 0 Å². The van der Waals surface area contributed by atoms with Crippen molar-refractivity contribution in [2.24, 2.45) is 0 Å². The van der Waals surface area contributed by atoms with Gasteiger partial charge in [-0.3, -0.25) is 4.79 Å². The molecule has 3 heterocycles. The lowest BCUT2D eigenvalue weighted by Gasteiger charge is -2.48. The molecule has 0 aromatic carbocycles. The predicted molar refractivity (Wildman–Crippen MR) is 346 cm³/mol. The SMILES string of the molecule is CCCCC/C=C\C/C=C\CCCCCCCCCCCC(=O)NC(COC1OC(CO)C(OC2OC(CO)C(OC3OC(CO)C(O)C(O)C3O)C(O)C2O)C(O)C1O)C(O)CCCCCCCCCCCCCCCCCCCCCCCCCCC. The zero-order valence-corrected chi connectivity index (χ0v) is 55.4. The molecular weight excluding hydrogens is 1140 g/mol. The Bertz CT molecular complexity index is 1710. The summed E-state index contributed by atoms with van der Waals surface area (Å²) in [4.78, 5) is 13.4. The molecular formula is C70H131NO18. The van der Waals surface area contributed by atoms with Crippen molar-refractivity contribution >= 4 is 5.91 Å². The summed E-state index contributed by atoms with van der Waals surface area (Å²) in [7, 11) is 0. The van der Waals surface area contributed by atoms with E-state index in [1.807, 2.05) is 0 Å². The molecule has 0 aliphatic carbocycles. The van der Waals surface area contributed by atoms with Gasteiger partial charge >= 0.3 is 0 Å². The number of hydrogen-bond donors (Lipinski definition) is 12. The van der Waals surface area contributed by atoms with Crippen LogP contribution in [0.15, 0.2) is 24.3 Å². The highest BCUT2D eigenvalue weighted by Crippen LogP contribution is 2.33. The Morgan fingerprint density at radius 3 is 1.17 bits per heavy atom. The van der Waals surface area contributed by atoms with Gasteiger partial charge in [0, 0.05) is 6.42 Å². The molecule has 0 radical (unpaired) electrons. The van der Waals surface area contributed by atoms with Gasteiger partial charge in [0.05, 0.1) is 38.6 Å². The second kappa shape index (κ2) is 52.5. The fourth-order valence-electron chi connectivity index (χ4n) is 12.4. The highest BCUT2D eigenvalue weighted by molar-refractivity contribution is 5.76. The second-order valence-corrected chi connectivity index (χ2v) is 26.1. The summed E-state index contributed by atoms with van der Waals surface area (Å²) in [6.45, 7) is 1.81. The van der Waals surface area contributed by atoms with Crippen LogP contribution in [0.2, 0.25) is 0 Å². The van der Waals surface area contributed by atoms with Crippen molar-refractivity contribution in [3.63, 3.8) is 0 Å². The molecule has 1 amide bonds. The van der Waals surface area contributed by atoms with Gasteiger partial charge in [-0.1, -0.05) is 256 Å². The molecule has 3 fully saturated rings. The van der Waals surface area contributed by atoms with Crippen molar-refractivity contribution in [1.82, 2.24) is 5.32 Å². The maximum atomic E-state index is 13.4. The Balaban J connectivity index is 1.42. The van der Waals surface area contributed by atoms with Gasteiger partial charge in [0.2, 0.25) is 5.91 Å². The zero-order valence-electron chi connectivity index (χ0n) is 55.4. The van der Waals surface area contributed by atoms with Crippen LogP contribution >= 0.6 is 0 Å². The van der Waals surface area contributed by atoms with Crippen LogP contribution in [0.4, 0.5) is 0 Å². The number of carbonyl (C=O) groups is 1. The number of carbonyl (C=O) groups excluding carboxylic acids is 1. The minimum atomic E-state index is -1.97. The van der Waals surface area contributed by atoms with Crippen molar-refractivity contribution in [2.45, 2.75) is 388 Å². The maximum absolute atomic E-state index is 13.4. The third-order valence-corrected chi connectivity index (χ3v) is 18.3. The molecule has 3 saturated heterocycles. The molecule has 0 bridgehead atoms. The summed E-state index contributed by atoms with van der Waals surface area (Å²) in [6, 6.07) is -0.889. The Labute approximate surface area is 537 Å². The first-order valence-electron chi connectivity index (χ1n) is 36.1. The average molecular weight is 1270 g/mol. The van der Waals surface area contributed by atoms with Crippen LogP contribution in [-0.2, 0) is 33.2 Å². The third-order valence-electron chi connectivity index (χ3n) is 18.3. The summed E-state index contributed by atoms with van der Waals surface area (Å²) in [5, 5.41) is 121. The number of aliphatic hydroxyl groups excluding tert-OH is 11. The molecule has 19 nitrogen and oxygen atoms in total. The van der Waals surface area contributed by atoms with Crippen LogP contribution in [0.1, 0.15) is 284 Å². The van der Waals surface area contributed by atoms with Gasteiger partial charge in [0.15, 0.2) is 18.9 Å². The largest absolute Gasteiger partial charge is 0.394 e. The van der Waals surface area contributed by atoms with Crippen molar-refractivity contribution < 1.29 is 89.4 Å². The number of hydrogen-bond acceptors (Lipinski definition) is 18. The first-order chi connectivity index (χ1) is 43.3. The van der Waals surface area contributed by atoms with E-state index in [0.717, 1.165) is 57.8 Å². The Kier molecular flexibility index (Phi) is 48.1. The minimum absolute atomic E-state index is 0.244. The molecule has 524 valence electrons. The minimum Gasteiger partial charge on any atom is -0.394 e. The quantitative estimate of drug-likeness (QED) is 0.0199. The molecule has 89 heavy (non-hydrogen) atoms. The van der Waals surface area contributed by atoms with Crippen LogP contribution in [0.5, 0.6) is 0 Å². The normalized spacial score (nSPS) is 28.3. The lowest BCUT2D eigenvalue weighted by Crippen LogP contribution is -2.66. The zero-order chi connectivity index (χ0) is 64.7. The molecule has 3 aliphatic rings. The fourth-order valence-corrected chi connectivity index (χ4v) is 12.4. The van der Waals surface area contributed by atoms with Gasteiger partial charge in [-0.25, -0.2) is 0 Å². The monoisotopic (exact) mass is 1270 g/mol. The third kappa shape index (κ3) is 34.5. The lowest BCUT2D eigenvalue weighted by molar-refractivity contribution is -0.379. The van der Waals surface area contributed by atoms with Crippen molar-refractivity contribution in [3.8, 4) is 0 Å². The van der Waals surface area contributed by atoms with E-state index >= 15 is 0 Å². The number of amides is 1. The van der Waals surface area contributed by atoms with Crippen LogP contribution in [-0.4, -0.2) is 193 Å². The molecule has 0 spiro atoms. The number of rotatable bonds is 56. The van der Waals surface area contributed by atoms with Gasteiger partial charge < -0.3 is 89.9 Å². The van der Waals surface area contributed by atoms with Gasteiger partial charge in [-0.15, -0.1) is 0 Å². The first kappa shape index (κ1) is 81.5. The molecule has 3 aliphatic heterocycles. The Morgan fingerprint density at radius 1 is 0.404 bits per heavy atom. The summed E-state index contributed by atoms with van der Waals surface area (Å²) in [6.07, 6.45) is 32.5. The standard InChI is InChI=1S/C70H131NO18/c1-3-5-7-9-11-13-15-17-19-21-23-24-25-26-27-28-30-31-33-35-37-39-41-43-45-47-54(75)53(71-58(76)48-46-44-42-40-38-36-34-32-29-22-20-18-16-14-12-10-8-6-4-2)52-84-68-64(82)61(79)66(56(50-73)86-68)89-70-65(83)62(80)67(57(51-74)87-70)88-69-63(81)60(78)59(77)55(49-72)85-69/h12,14,18,20,53-57,59-70,72-75,77-83H,3-11,13,15-17,19,21-52H2,1-2H3,(H,71,76)/b14-12-,20-18-. The number of ether oxygens (including phenoxy) is 6. The second-order valence-electron chi connectivity index (χ2n) is 26.1.